The molecule has 0 saturated carbocycles. The first-order valence-corrected chi connectivity index (χ1v) is 8.89. The third-order valence-corrected chi connectivity index (χ3v) is 5.08. The normalized spacial score (nSPS) is 15.9. The molecule has 6 nitrogen and oxygen atoms in total. The zero-order valence-corrected chi connectivity index (χ0v) is 15.3. The second kappa shape index (κ2) is 7.83. The molecule has 1 aromatic carbocycles. The zero-order valence-electron chi connectivity index (χ0n) is 13.7. The Morgan fingerprint density at radius 2 is 2.04 bits per heavy atom. The number of anilines is 2. The second-order valence-electron chi connectivity index (χ2n) is 5.50. The minimum absolute atomic E-state index is 0.454. The Morgan fingerprint density at radius 1 is 1.29 bits per heavy atom. The molecule has 1 aromatic heterocycles. The van der Waals surface area contributed by atoms with E-state index in [9.17, 15) is 0 Å². The Kier molecular flexibility index (Phi) is 5.55. The van der Waals surface area contributed by atoms with Crippen molar-refractivity contribution in [3.05, 3.63) is 34.3 Å². The highest BCUT2D eigenvalue weighted by Crippen LogP contribution is 2.31. The number of hydrogen-bond donors (Lipinski definition) is 1. The molecule has 2 aromatic rings. The molecule has 1 aliphatic heterocycles. The van der Waals surface area contributed by atoms with Crippen molar-refractivity contribution in [2.75, 3.05) is 45.7 Å². The van der Waals surface area contributed by atoms with Gasteiger partial charge in [0, 0.05) is 26.2 Å². The lowest BCUT2D eigenvalue weighted by molar-refractivity contribution is 0.159. The number of thiazole rings is 1. The molecule has 0 aliphatic carbocycles. The minimum atomic E-state index is 0.454. The molecule has 1 N–H and O–H groups in total. The number of ether oxygens (including phenoxy) is 1. The molecular formula is C16H20ClN5OS. The number of likely N-dealkylation sites (N-methyl/N-ethyl adjacent to an activating group) is 1. The van der Waals surface area contributed by atoms with Gasteiger partial charge < -0.3 is 15.0 Å². The fourth-order valence-corrected chi connectivity index (χ4v) is 3.39. The number of methoxy groups -OCH3 is 1. The van der Waals surface area contributed by atoms with Crippen molar-refractivity contribution >= 4 is 40.0 Å². The highest BCUT2D eigenvalue weighted by atomic mass is 35.5. The van der Waals surface area contributed by atoms with Crippen LogP contribution in [-0.4, -0.2) is 61.4 Å². The average molecular weight is 366 g/mol. The third-order valence-electron chi connectivity index (χ3n) is 3.78. The van der Waals surface area contributed by atoms with Gasteiger partial charge in [-0.05, 0) is 19.2 Å². The van der Waals surface area contributed by atoms with E-state index in [0.717, 1.165) is 42.5 Å². The van der Waals surface area contributed by atoms with E-state index in [2.05, 4.69) is 32.4 Å². The van der Waals surface area contributed by atoms with Crippen LogP contribution in [0.5, 0.6) is 5.75 Å². The summed E-state index contributed by atoms with van der Waals surface area (Å²) >= 11 is 7.70. The monoisotopic (exact) mass is 365 g/mol. The maximum Gasteiger partial charge on any atom is 0.189 e. The molecule has 24 heavy (non-hydrogen) atoms. The van der Waals surface area contributed by atoms with Crippen LogP contribution in [0.15, 0.2) is 29.4 Å². The smallest absolute Gasteiger partial charge is 0.189 e. The average Bonchev–Trinajstić information content (AvgIpc) is 2.94. The number of para-hydroxylation sites is 2. The standard InChI is InChI=1S/C16H20ClN5OS/c1-21-7-9-22(10-8-21)18-11-14-15(17)20-16(24-14)19-12-5-3-4-6-13(12)23-2/h3-6,11H,7-10H2,1-2H3,(H,19,20)/b18-11+. The molecule has 0 unspecified atom stereocenters. The fourth-order valence-electron chi connectivity index (χ4n) is 2.35. The van der Waals surface area contributed by atoms with Gasteiger partial charge in [0.1, 0.15) is 5.75 Å². The van der Waals surface area contributed by atoms with Crippen molar-refractivity contribution in [1.82, 2.24) is 14.9 Å². The first-order valence-electron chi connectivity index (χ1n) is 7.69. The van der Waals surface area contributed by atoms with E-state index < -0.39 is 0 Å². The number of piperazine rings is 1. The van der Waals surface area contributed by atoms with Gasteiger partial charge in [-0.2, -0.15) is 5.10 Å². The van der Waals surface area contributed by atoms with Gasteiger partial charge in [-0.15, -0.1) is 0 Å². The number of aromatic nitrogens is 1. The molecule has 2 heterocycles. The zero-order chi connectivity index (χ0) is 16.9. The molecule has 0 radical (unpaired) electrons. The highest BCUT2D eigenvalue weighted by molar-refractivity contribution is 7.17. The summed E-state index contributed by atoms with van der Waals surface area (Å²) < 4.78 is 5.33. The van der Waals surface area contributed by atoms with Crippen molar-refractivity contribution in [1.29, 1.82) is 0 Å². The van der Waals surface area contributed by atoms with Crippen molar-refractivity contribution in [2.24, 2.45) is 5.10 Å². The van der Waals surface area contributed by atoms with E-state index in [1.54, 1.807) is 13.3 Å². The van der Waals surface area contributed by atoms with Gasteiger partial charge in [0.2, 0.25) is 0 Å². The second-order valence-corrected chi connectivity index (χ2v) is 6.89. The summed E-state index contributed by atoms with van der Waals surface area (Å²) in [6.45, 7) is 3.90. The molecule has 0 atom stereocenters. The maximum atomic E-state index is 6.24. The summed E-state index contributed by atoms with van der Waals surface area (Å²) in [6, 6.07) is 7.70. The number of nitrogens with zero attached hydrogens (tertiary/aromatic N) is 4. The van der Waals surface area contributed by atoms with E-state index in [4.69, 9.17) is 16.3 Å². The predicted molar refractivity (Wildman–Crippen MR) is 100 cm³/mol. The topological polar surface area (TPSA) is 53.0 Å². The van der Waals surface area contributed by atoms with E-state index in [1.165, 1.54) is 11.3 Å². The quantitative estimate of drug-likeness (QED) is 0.825. The molecular weight excluding hydrogens is 346 g/mol. The van der Waals surface area contributed by atoms with E-state index in [1.807, 2.05) is 24.3 Å². The lowest BCUT2D eigenvalue weighted by Gasteiger charge is -2.30. The summed E-state index contributed by atoms with van der Waals surface area (Å²) in [4.78, 5) is 7.49. The number of nitrogens with one attached hydrogen (secondary N) is 1. The summed E-state index contributed by atoms with van der Waals surface area (Å²) in [5, 5.41) is 11.0. The highest BCUT2D eigenvalue weighted by Gasteiger charge is 2.13. The van der Waals surface area contributed by atoms with Gasteiger partial charge in [-0.3, -0.25) is 5.01 Å². The van der Waals surface area contributed by atoms with Gasteiger partial charge in [0.25, 0.3) is 0 Å². The molecule has 0 bridgehead atoms. The minimum Gasteiger partial charge on any atom is -0.495 e. The maximum absolute atomic E-state index is 6.24. The lowest BCUT2D eigenvalue weighted by atomic mass is 10.3. The summed E-state index contributed by atoms with van der Waals surface area (Å²) in [5.74, 6) is 0.761. The predicted octanol–water partition coefficient (Wildman–Crippen LogP) is 3.13. The van der Waals surface area contributed by atoms with Crippen LogP contribution in [0.2, 0.25) is 5.15 Å². The number of hydrazone groups is 1. The van der Waals surface area contributed by atoms with Crippen LogP contribution in [0.3, 0.4) is 0 Å². The summed E-state index contributed by atoms with van der Waals surface area (Å²) in [7, 11) is 3.76. The van der Waals surface area contributed by atoms with Crippen LogP contribution >= 0.6 is 22.9 Å². The van der Waals surface area contributed by atoms with E-state index >= 15 is 0 Å². The Bertz CT molecular complexity index is 712. The lowest BCUT2D eigenvalue weighted by Crippen LogP contribution is -2.41. The summed E-state index contributed by atoms with van der Waals surface area (Å²) in [5.41, 5.74) is 0.855. The fraction of sp³-hybridized carbons (Fsp3) is 0.375. The van der Waals surface area contributed by atoms with Gasteiger partial charge >= 0.3 is 0 Å². The van der Waals surface area contributed by atoms with Crippen LogP contribution in [0, 0.1) is 0 Å². The van der Waals surface area contributed by atoms with E-state index in [-0.39, 0.29) is 0 Å². The first kappa shape index (κ1) is 17.0. The van der Waals surface area contributed by atoms with Crippen LogP contribution in [0.1, 0.15) is 4.88 Å². The van der Waals surface area contributed by atoms with Crippen LogP contribution in [0.4, 0.5) is 10.8 Å². The number of hydrogen-bond acceptors (Lipinski definition) is 7. The van der Waals surface area contributed by atoms with Crippen molar-refractivity contribution in [3.63, 3.8) is 0 Å². The van der Waals surface area contributed by atoms with Crippen molar-refractivity contribution < 1.29 is 4.74 Å². The Morgan fingerprint density at radius 3 is 2.79 bits per heavy atom. The number of rotatable bonds is 5. The van der Waals surface area contributed by atoms with Crippen molar-refractivity contribution in [3.8, 4) is 5.75 Å². The molecule has 0 spiro atoms. The molecule has 1 fully saturated rings. The Labute approximate surface area is 150 Å². The first-order chi connectivity index (χ1) is 11.7. The Balaban J connectivity index is 1.68. The molecule has 0 amide bonds. The molecule has 3 rings (SSSR count). The van der Waals surface area contributed by atoms with Crippen LogP contribution < -0.4 is 10.1 Å². The van der Waals surface area contributed by atoms with Gasteiger partial charge in [-0.1, -0.05) is 35.1 Å². The Hall–Kier alpha value is -1.83. The largest absolute Gasteiger partial charge is 0.495 e. The molecule has 128 valence electrons. The number of halogens is 1. The van der Waals surface area contributed by atoms with Crippen molar-refractivity contribution in [2.45, 2.75) is 0 Å². The third kappa shape index (κ3) is 4.17. The van der Waals surface area contributed by atoms with Crippen LogP contribution in [-0.2, 0) is 0 Å². The van der Waals surface area contributed by atoms with Gasteiger partial charge in [0.05, 0.1) is 23.9 Å². The van der Waals surface area contributed by atoms with Gasteiger partial charge in [0.15, 0.2) is 10.3 Å². The number of benzene rings is 1. The summed E-state index contributed by atoms with van der Waals surface area (Å²) in [6.07, 6.45) is 1.79. The molecule has 1 aliphatic rings. The van der Waals surface area contributed by atoms with E-state index in [0.29, 0.717) is 10.3 Å². The molecule has 1 saturated heterocycles. The molecule has 8 heteroatoms. The van der Waals surface area contributed by atoms with Crippen LogP contribution in [0.25, 0.3) is 0 Å². The SMILES string of the molecule is COc1ccccc1Nc1nc(Cl)c(/C=N/N2CCN(C)CC2)s1. The van der Waals surface area contributed by atoms with Gasteiger partial charge in [-0.25, -0.2) is 4.98 Å².